The van der Waals surface area contributed by atoms with Crippen molar-refractivity contribution in [2.24, 2.45) is 28.6 Å². The molecule has 7 atom stereocenters. The summed E-state index contributed by atoms with van der Waals surface area (Å²) < 4.78 is 26.6. The number of amides is 1. The van der Waals surface area contributed by atoms with Crippen molar-refractivity contribution in [1.29, 1.82) is 0 Å². The predicted molar refractivity (Wildman–Crippen MR) is 136 cm³/mol. The van der Waals surface area contributed by atoms with Crippen LogP contribution in [0.5, 0.6) is 11.5 Å². The molecule has 0 bridgehead atoms. The summed E-state index contributed by atoms with van der Waals surface area (Å²) in [6.07, 6.45) is -1.51. The lowest BCUT2D eigenvalue weighted by atomic mass is 9.43. The van der Waals surface area contributed by atoms with E-state index in [9.17, 15) is 24.0 Å². The number of nitrogens with one attached hydrogen (secondary N) is 1. The summed E-state index contributed by atoms with van der Waals surface area (Å²) in [4.78, 5) is 65.3. The molecule has 11 nitrogen and oxygen atoms in total. The number of esters is 3. The fourth-order valence-corrected chi connectivity index (χ4v) is 7.10. The van der Waals surface area contributed by atoms with Crippen LogP contribution in [0, 0.1) is 28.6 Å². The Bertz CT molecular complexity index is 1200. The van der Waals surface area contributed by atoms with E-state index >= 15 is 0 Å². The second kappa shape index (κ2) is 10.5. The Balaban J connectivity index is 1.68. The highest BCUT2D eigenvalue weighted by Gasteiger charge is 2.68. The third-order valence-corrected chi connectivity index (χ3v) is 8.84. The number of methoxy groups -OCH3 is 3. The molecule has 2 aliphatic carbocycles. The zero-order valence-electron chi connectivity index (χ0n) is 23.0. The maximum absolute atomic E-state index is 13.9. The van der Waals surface area contributed by atoms with Crippen molar-refractivity contribution in [3.05, 3.63) is 18.2 Å². The van der Waals surface area contributed by atoms with E-state index in [1.54, 1.807) is 25.1 Å². The number of hydrogen-bond donors (Lipinski definition) is 1. The summed E-state index contributed by atoms with van der Waals surface area (Å²) in [7, 11) is 4.24. The second-order valence-electron chi connectivity index (χ2n) is 11.0. The maximum Gasteiger partial charge on any atom is 0.310 e. The number of anilines is 1. The molecule has 3 aliphatic rings. The van der Waals surface area contributed by atoms with Gasteiger partial charge in [-0.3, -0.25) is 24.0 Å². The molecule has 4 rings (SSSR count). The van der Waals surface area contributed by atoms with E-state index < -0.39 is 64.6 Å². The van der Waals surface area contributed by atoms with Crippen molar-refractivity contribution in [2.75, 3.05) is 26.6 Å². The smallest absolute Gasteiger partial charge is 0.310 e. The minimum absolute atomic E-state index is 0.00645. The summed E-state index contributed by atoms with van der Waals surface area (Å²) in [5.41, 5.74) is -1.50. The number of hydrogen-bond acceptors (Lipinski definition) is 10. The Morgan fingerprint density at radius 1 is 1.03 bits per heavy atom. The summed E-state index contributed by atoms with van der Waals surface area (Å²) in [5.74, 6) is -4.00. The van der Waals surface area contributed by atoms with Crippen LogP contribution in [0.2, 0.25) is 0 Å². The third-order valence-electron chi connectivity index (χ3n) is 8.84. The van der Waals surface area contributed by atoms with Gasteiger partial charge in [0.05, 0.1) is 33.2 Å². The fourth-order valence-electron chi connectivity index (χ4n) is 7.10. The zero-order valence-corrected chi connectivity index (χ0v) is 23.0. The number of fused-ring (bicyclic) bond motifs is 3. The van der Waals surface area contributed by atoms with Crippen LogP contribution >= 0.6 is 0 Å². The third kappa shape index (κ3) is 4.83. The monoisotopic (exact) mass is 545 g/mol. The van der Waals surface area contributed by atoms with Crippen LogP contribution < -0.4 is 14.8 Å². The van der Waals surface area contributed by atoms with E-state index in [4.69, 9.17) is 23.7 Å². The largest absolute Gasteiger partial charge is 0.493 e. The van der Waals surface area contributed by atoms with Crippen LogP contribution in [0.15, 0.2) is 18.2 Å². The average molecular weight is 546 g/mol. The first-order chi connectivity index (χ1) is 18.4. The molecule has 0 unspecified atom stereocenters. The quantitative estimate of drug-likeness (QED) is 0.418. The second-order valence-corrected chi connectivity index (χ2v) is 11.0. The van der Waals surface area contributed by atoms with Gasteiger partial charge >= 0.3 is 17.9 Å². The van der Waals surface area contributed by atoms with Gasteiger partial charge in [-0.2, -0.15) is 0 Å². The Kier molecular flexibility index (Phi) is 7.64. The van der Waals surface area contributed by atoms with Gasteiger partial charge in [0.15, 0.2) is 29.5 Å². The van der Waals surface area contributed by atoms with Crippen molar-refractivity contribution >= 4 is 35.3 Å². The molecule has 39 heavy (non-hydrogen) atoms. The van der Waals surface area contributed by atoms with Crippen molar-refractivity contribution in [3.8, 4) is 11.5 Å². The first-order valence-corrected chi connectivity index (χ1v) is 12.9. The molecule has 0 radical (unpaired) electrons. The number of cyclic esters (lactones) is 1. The fraction of sp³-hybridized carbons (Fsp3) is 0.607. The molecule has 1 heterocycles. The average Bonchev–Trinajstić information content (AvgIpc) is 2.88. The van der Waals surface area contributed by atoms with Crippen molar-refractivity contribution < 1.29 is 47.7 Å². The summed E-state index contributed by atoms with van der Waals surface area (Å²) in [6.45, 7) is 4.84. The lowest BCUT2D eigenvalue weighted by Crippen LogP contribution is -2.66. The predicted octanol–water partition coefficient (Wildman–Crippen LogP) is 2.69. The van der Waals surface area contributed by atoms with Gasteiger partial charge in [-0.05, 0) is 35.8 Å². The summed E-state index contributed by atoms with van der Waals surface area (Å²) >= 11 is 0. The Labute approximate surface area is 226 Å². The van der Waals surface area contributed by atoms with Gasteiger partial charge in [0, 0.05) is 37.4 Å². The van der Waals surface area contributed by atoms with Crippen LogP contribution in [-0.4, -0.2) is 63.1 Å². The van der Waals surface area contributed by atoms with Gasteiger partial charge in [-0.15, -0.1) is 0 Å². The van der Waals surface area contributed by atoms with E-state index in [0.29, 0.717) is 30.0 Å². The number of Topliss-reactive ketones (excluding diaryl/α,β-unsaturated/α-hetero) is 1. The molecule has 1 aromatic carbocycles. The highest BCUT2D eigenvalue weighted by atomic mass is 16.6. The van der Waals surface area contributed by atoms with Gasteiger partial charge in [0.2, 0.25) is 0 Å². The number of carbonyl (C=O) groups is 5. The number of benzene rings is 1. The van der Waals surface area contributed by atoms with Gasteiger partial charge in [0.25, 0.3) is 5.91 Å². The summed E-state index contributed by atoms with van der Waals surface area (Å²) in [5, 5.41) is 2.75. The summed E-state index contributed by atoms with van der Waals surface area (Å²) in [6, 6.07) is 4.84. The molecule has 2 saturated carbocycles. The number of ether oxygens (including phenoxy) is 5. The van der Waals surface area contributed by atoms with Crippen LogP contribution in [-0.2, 0) is 38.2 Å². The number of ketones is 1. The van der Waals surface area contributed by atoms with E-state index in [1.807, 2.05) is 6.92 Å². The van der Waals surface area contributed by atoms with E-state index in [-0.39, 0.29) is 18.6 Å². The first kappa shape index (κ1) is 28.4. The molecule has 0 aromatic heterocycles. The maximum atomic E-state index is 13.9. The normalized spacial score (nSPS) is 33.5. The van der Waals surface area contributed by atoms with Crippen LogP contribution in [0.1, 0.15) is 46.5 Å². The van der Waals surface area contributed by atoms with Crippen LogP contribution in [0.4, 0.5) is 5.69 Å². The highest BCUT2D eigenvalue weighted by Crippen LogP contribution is 2.64. The van der Waals surface area contributed by atoms with Crippen LogP contribution in [0.25, 0.3) is 0 Å². The standard InChI is InChI=1S/C28H35NO10/c1-14(30)38-20-12-17(25(33)37-6)27(2)10-9-16-26(34)39-21(13-28(16,3)23(27)22(20)31)24(32)29-15-7-8-18(35-4)19(11-15)36-5/h7-8,11,16-17,20-21,23H,9-10,12-13H2,1-6H3,(H,29,32)/t16-,17-,20-,21-,23-,27-,28-/m0/s1. The molecule has 1 aromatic rings. The Morgan fingerprint density at radius 3 is 2.33 bits per heavy atom. The van der Waals surface area contributed by atoms with Gasteiger partial charge in [0.1, 0.15) is 0 Å². The minimum Gasteiger partial charge on any atom is -0.493 e. The molecule has 212 valence electrons. The zero-order chi connectivity index (χ0) is 28.7. The van der Waals surface area contributed by atoms with Crippen LogP contribution in [0.3, 0.4) is 0 Å². The molecule has 1 saturated heterocycles. The van der Waals surface area contributed by atoms with E-state index in [0.717, 1.165) is 0 Å². The highest BCUT2D eigenvalue weighted by molar-refractivity contribution is 5.97. The minimum atomic E-state index is -1.19. The van der Waals surface area contributed by atoms with E-state index in [1.165, 1.54) is 28.3 Å². The number of rotatable bonds is 6. The molecular formula is C28H35NO10. The molecular weight excluding hydrogens is 510 g/mol. The molecule has 1 aliphatic heterocycles. The molecule has 11 heteroatoms. The Hall–Kier alpha value is -3.63. The van der Waals surface area contributed by atoms with Crippen molar-refractivity contribution in [3.63, 3.8) is 0 Å². The SMILES string of the molecule is COC(=O)[C@@H]1C[C@H](OC(C)=O)C(=O)[C@H]2[C@@]1(C)CC[C@H]1C(=O)O[C@H](C(=O)Nc3ccc(OC)c(OC)c3)C[C@]21C. The lowest BCUT2D eigenvalue weighted by Gasteiger charge is -2.60. The molecule has 1 N–H and O–H groups in total. The number of carbonyl (C=O) groups excluding carboxylic acids is 5. The van der Waals surface area contributed by atoms with Crippen molar-refractivity contribution in [2.45, 2.75) is 58.7 Å². The Morgan fingerprint density at radius 2 is 1.72 bits per heavy atom. The first-order valence-electron chi connectivity index (χ1n) is 12.9. The van der Waals surface area contributed by atoms with Gasteiger partial charge < -0.3 is 29.0 Å². The topological polar surface area (TPSA) is 144 Å². The van der Waals surface area contributed by atoms with Crippen molar-refractivity contribution in [1.82, 2.24) is 0 Å². The molecule has 0 spiro atoms. The molecule has 1 amide bonds. The molecule has 3 fully saturated rings. The van der Waals surface area contributed by atoms with Gasteiger partial charge in [-0.25, -0.2) is 0 Å². The van der Waals surface area contributed by atoms with E-state index in [2.05, 4.69) is 5.32 Å². The van der Waals surface area contributed by atoms with Gasteiger partial charge in [-0.1, -0.05) is 13.8 Å². The lowest BCUT2D eigenvalue weighted by molar-refractivity contribution is -0.209.